The molecule has 0 bridgehead atoms. The molecule has 0 atom stereocenters. The Morgan fingerprint density at radius 3 is 1.12 bits per heavy atom. The second-order valence-corrected chi connectivity index (χ2v) is 28.4. The van der Waals surface area contributed by atoms with Crippen molar-refractivity contribution >= 4 is 64.9 Å². The number of fused-ring (bicyclic) bond motifs is 30. The maximum Gasteiger partial charge on any atom is 0.161 e. The first-order valence-electron chi connectivity index (χ1n) is 36.0. The van der Waals surface area contributed by atoms with Crippen LogP contribution >= 0.6 is 0 Å². The van der Waals surface area contributed by atoms with Crippen LogP contribution in [0, 0.1) is 0 Å². The van der Waals surface area contributed by atoms with Crippen molar-refractivity contribution in [2.75, 3.05) is 0 Å². The second kappa shape index (κ2) is 21.5. The molecule has 0 unspecified atom stereocenters. The van der Waals surface area contributed by atoms with Gasteiger partial charge in [0.1, 0.15) is 0 Å². The van der Waals surface area contributed by atoms with Gasteiger partial charge in [0, 0.05) is 33.0 Å². The van der Waals surface area contributed by atoms with Crippen LogP contribution in [-0.4, -0.2) is 19.9 Å². The molecule has 0 amide bonds. The van der Waals surface area contributed by atoms with E-state index in [1.807, 2.05) is 0 Å². The zero-order valence-corrected chi connectivity index (χ0v) is 56.3. The quantitative estimate of drug-likeness (QED) is 0.166. The standard InChI is InChI=1S/C100H58N4/c1-2-24-59(25-3-1)60-48-50-62(51-49-60)95-77-38-14-20-46-89(77)101-97(103-95)81-58-88-92(75-37-9-7-31-68(75)81)80-55-54-69-65(40-23-41-76(69)94(80)100(88)85-44-18-12-34-72(85)73-35-13-19-45-86(73)100)63-27-22-28-64(56-63)96-78-39-15-21-47-90(78)102-98(104-96)82-57-87-91(74-36-8-6-30-67(74)82)79-53-52-61-26-4-5-29-66(61)93(79)99(87)83-42-16-10-32-70(83)71-33-11-17-43-84(71)99/h1-58H. The van der Waals surface area contributed by atoms with E-state index in [-0.39, 0.29) is 0 Å². The lowest BCUT2D eigenvalue weighted by molar-refractivity contribution is 0.802. The van der Waals surface area contributed by atoms with Gasteiger partial charge in [-0.2, -0.15) is 0 Å². The molecule has 104 heavy (non-hydrogen) atoms. The predicted octanol–water partition coefficient (Wildman–Crippen LogP) is 24.9. The first-order chi connectivity index (χ1) is 51.6. The van der Waals surface area contributed by atoms with Crippen LogP contribution in [0.2, 0.25) is 0 Å². The maximum absolute atomic E-state index is 5.86. The Morgan fingerprint density at radius 2 is 0.558 bits per heavy atom. The molecular weight excluding hydrogens is 1260 g/mol. The Morgan fingerprint density at radius 1 is 0.183 bits per heavy atom. The van der Waals surface area contributed by atoms with E-state index in [1.54, 1.807) is 0 Å². The summed E-state index contributed by atoms with van der Waals surface area (Å²) in [4.78, 5) is 22.7. The zero-order chi connectivity index (χ0) is 67.9. The van der Waals surface area contributed by atoms with E-state index in [9.17, 15) is 0 Å². The average Bonchev–Trinajstić information content (AvgIpc) is 1.50. The fraction of sp³-hybridized carbons (Fsp3) is 0.0200. The molecule has 17 aromatic carbocycles. The number of rotatable bonds is 6. The summed E-state index contributed by atoms with van der Waals surface area (Å²) in [5.74, 6) is 1.39. The van der Waals surface area contributed by atoms with Gasteiger partial charge in [-0.1, -0.05) is 322 Å². The lowest BCUT2D eigenvalue weighted by atomic mass is 9.69. The van der Waals surface area contributed by atoms with Gasteiger partial charge in [0.2, 0.25) is 0 Å². The van der Waals surface area contributed by atoms with Crippen molar-refractivity contribution in [3.05, 3.63) is 396 Å². The highest BCUT2D eigenvalue weighted by molar-refractivity contribution is 6.17. The Hall–Kier alpha value is -13.5. The fourth-order valence-corrected chi connectivity index (χ4v) is 19.4. The number of nitrogens with zero attached hydrogens (tertiary/aromatic N) is 4. The minimum Gasteiger partial charge on any atom is -0.228 e. The van der Waals surface area contributed by atoms with Gasteiger partial charge in [-0.25, -0.2) is 19.9 Å². The largest absolute Gasteiger partial charge is 0.228 e. The van der Waals surface area contributed by atoms with Crippen molar-refractivity contribution < 1.29 is 0 Å². The highest BCUT2D eigenvalue weighted by Gasteiger charge is 2.55. The van der Waals surface area contributed by atoms with E-state index in [0.717, 1.165) is 82.9 Å². The first-order valence-corrected chi connectivity index (χ1v) is 36.0. The van der Waals surface area contributed by atoms with Gasteiger partial charge in [-0.3, -0.25) is 0 Å². The Kier molecular flexibility index (Phi) is 11.8. The van der Waals surface area contributed by atoms with Crippen LogP contribution in [0.25, 0.3) is 177 Å². The topological polar surface area (TPSA) is 51.6 Å². The molecular formula is C100H58N4. The number of hydrogen-bond acceptors (Lipinski definition) is 4. The molecule has 4 nitrogen and oxygen atoms in total. The second-order valence-electron chi connectivity index (χ2n) is 28.4. The summed E-state index contributed by atoms with van der Waals surface area (Å²) in [5.41, 5.74) is 31.3. The van der Waals surface area contributed by atoms with Crippen LogP contribution in [0.5, 0.6) is 0 Å². The van der Waals surface area contributed by atoms with E-state index >= 15 is 0 Å². The predicted molar refractivity (Wildman–Crippen MR) is 428 cm³/mol. The van der Waals surface area contributed by atoms with Gasteiger partial charge in [-0.15, -0.1) is 0 Å². The molecule has 4 aliphatic rings. The Bertz CT molecular complexity index is 6890. The van der Waals surface area contributed by atoms with Gasteiger partial charge in [0.15, 0.2) is 11.6 Å². The van der Waals surface area contributed by atoms with Crippen LogP contribution in [0.15, 0.2) is 352 Å². The van der Waals surface area contributed by atoms with Crippen molar-refractivity contribution in [3.8, 4) is 112 Å². The normalized spacial score (nSPS) is 13.5. The molecule has 0 saturated heterocycles. The molecule has 2 aromatic heterocycles. The molecule has 4 aliphatic carbocycles. The van der Waals surface area contributed by atoms with E-state index in [1.165, 1.54) is 127 Å². The lowest BCUT2D eigenvalue weighted by Gasteiger charge is -2.32. The highest BCUT2D eigenvalue weighted by Crippen LogP contribution is 2.68. The van der Waals surface area contributed by atoms with Crippen molar-refractivity contribution in [2.24, 2.45) is 0 Å². The first kappa shape index (κ1) is 57.2. The molecule has 478 valence electrons. The molecule has 4 heteroatoms. The molecule has 23 rings (SSSR count). The third kappa shape index (κ3) is 7.65. The molecule has 0 radical (unpaired) electrons. The van der Waals surface area contributed by atoms with E-state index < -0.39 is 10.8 Å². The monoisotopic (exact) mass is 1310 g/mol. The maximum atomic E-state index is 5.86. The lowest BCUT2D eigenvalue weighted by Crippen LogP contribution is -2.26. The van der Waals surface area contributed by atoms with Crippen LogP contribution in [0.3, 0.4) is 0 Å². The summed E-state index contributed by atoms with van der Waals surface area (Å²) in [6, 6.07) is 130. The van der Waals surface area contributed by atoms with Gasteiger partial charge >= 0.3 is 0 Å². The number of benzene rings is 17. The summed E-state index contributed by atoms with van der Waals surface area (Å²) in [6.45, 7) is 0. The molecule has 0 aliphatic heterocycles. The summed E-state index contributed by atoms with van der Waals surface area (Å²) in [7, 11) is 0. The minimum absolute atomic E-state index is 0.608. The highest BCUT2D eigenvalue weighted by atomic mass is 14.9. The molecule has 19 aromatic rings. The summed E-state index contributed by atoms with van der Waals surface area (Å²) in [5, 5.41) is 11.5. The molecule has 2 spiro atoms. The van der Waals surface area contributed by atoms with E-state index in [4.69, 9.17) is 19.9 Å². The zero-order valence-electron chi connectivity index (χ0n) is 56.3. The van der Waals surface area contributed by atoms with Crippen LogP contribution < -0.4 is 0 Å². The summed E-state index contributed by atoms with van der Waals surface area (Å²) < 4.78 is 0. The Balaban J connectivity index is 0.716. The molecule has 0 N–H and O–H groups in total. The smallest absolute Gasteiger partial charge is 0.161 e. The third-order valence-corrected chi connectivity index (χ3v) is 23.5. The van der Waals surface area contributed by atoms with Crippen LogP contribution in [0.4, 0.5) is 0 Å². The van der Waals surface area contributed by atoms with Gasteiger partial charge in [0.25, 0.3) is 0 Å². The SMILES string of the molecule is c1ccc(-c2ccc(-c3nc(-c4cc5c(c6ccccc46)-c4ccc6c(-c7cccc(-c8nc(-c9cc%10c(c%11ccccc9%11)-c9ccc%11ccccc%11c9C%109c%10ccccc%10-c%10ccccc%109)nc9ccccc89)c7)cccc6c4C54c5ccccc5-c5ccccc54)nc4ccccc34)cc2)cc1. The van der Waals surface area contributed by atoms with E-state index in [2.05, 4.69) is 352 Å². The summed E-state index contributed by atoms with van der Waals surface area (Å²) in [6.07, 6.45) is 0. The third-order valence-electron chi connectivity index (χ3n) is 23.5. The van der Waals surface area contributed by atoms with Crippen LogP contribution in [-0.2, 0) is 10.8 Å². The number of aromatic nitrogens is 4. The molecule has 0 fully saturated rings. The summed E-state index contributed by atoms with van der Waals surface area (Å²) >= 11 is 0. The van der Waals surface area contributed by atoms with Crippen LogP contribution in [0.1, 0.15) is 44.5 Å². The average molecular weight is 1320 g/mol. The molecule has 2 heterocycles. The van der Waals surface area contributed by atoms with Gasteiger partial charge in [-0.05, 0) is 185 Å². The minimum atomic E-state index is -0.720. The molecule has 0 saturated carbocycles. The fourth-order valence-electron chi connectivity index (χ4n) is 19.4. The van der Waals surface area contributed by atoms with Gasteiger partial charge in [0.05, 0.1) is 33.3 Å². The number of para-hydroxylation sites is 2. The van der Waals surface area contributed by atoms with Gasteiger partial charge < -0.3 is 0 Å². The number of hydrogen-bond donors (Lipinski definition) is 0. The van der Waals surface area contributed by atoms with Crippen molar-refractivity contribution in [2.45, 2.75) is 10.8 Å². The van der Waals surface area contributed by atoms with Crippen molar-refractivity contribution in [3.63, 3.8) is 0 Å². The van der Waals surface area contributed by atoms with Crippen molar-refractivity contribution in [1.29, 1.82) is 0 Å². The Labute approximate surface area is 600 Å². The van der Waals surface area contributed by atoms with E-state index in [0.29, 0.717) is 11.6 Å². The van der Waals surface area contributed by atoms with Crippen molar-refractivity contribution in [1.82, 2.24) is 19.9 Å².